The Hall–Kier alpha value is -2.44. The Morgan fingerprint density at radius 3 is 1.97 bits per heavy atom. The molecule has 15 nitrogen and oxygen atoms in total. The number of esters is 1. The summed E-state index contributed by atoms with van der Waals surface area (Å²) in [6.45, 7) is 7.44. The van der Waals surface area contributed by atoms with E-state index < -0.39 is 79.8 Å². The minimum absolute atomic E-state index is 0.226. The molecule has 1 aliphatic rings. The van der Waals surface area contributed by atoms with E-state index in [4.69, 9.17) is 33.2 Å². The Bertz CT molecular complexity index is 1300. The van der Waals surface area contributed by atoms with Crippen molar-refractivity contribution in [2.75, 3.05) is 40.1 Å². The van der Waals surface area contributed by atoms with Crippen molar-refractivity contribution in [3.05, 3.63) is 29.3 Å². The number of carbonyl (C=O) groups is 2. The van der Waals surface area contributed by atoms with Gasteiger partial charge >= 0.3 is 11.9 Å². The smallest absolute Gasteiger partial charge is 0.339 e. The predicted octanol–water partition coefficient (Wildman–Crippen LogP) is 5.89. The largest absolute Gasteiger partial charge is 0.496 e. The first-order valence-electron chi connectivity index (χ1n) is 23.0. The maximum Gasteiger partial charge on any atom is 0.339 e. The van der Waals surface area contributed by atoms with Crippen LogP contribution in [0.25, 0.3) is 0 Å². The van der Waals surface area contributed by atoms with Gasteiger partial charge in [0.05, 0.1) is 26.4 Å². The number of carbonyl (C=O) groups excluding carboxylic acids is 1. The number of ether oxygens (including phenoxy) is 7. The van der Waals surface area contributed by atoms with Crippen LogP contribution in [0.15, 0.2) is 18.2 Å². The van der Waals surface area contributed by atoms with E-state index in [0.717, 1.165) is 69.8 Å². The first-order chi connectivity index (χ1) is 29.4. The number of aromatic carboxylic acids is 1. The van der Waals surface area contributed by atoms with E-state index in [1.807, 2.05) is 26.0 Å². The van der Waals surface area contributed by atoms with Gasteiger partial charge in [-0.1, -0.05) is 103 Å². The van der Waals surface area contributed by atoms with Crippen LogP contribution in [0.4, 0.5) is 0 Å². The normalized spacial score (nSPS) is 21.7. The summed E-state index contributed by atoms with van der Waals surface area (Å²) in [6, 6.07) is 5.40. The highest BCUT2D eigenvalue weighted by Gasteiger charge is 2.49. The molecule has 1 aliphatic heterocycles. The molecular weight excluding hydrogens is 792 g/mol. The average molecular weight is 873 g/mol. The second kappa shape index (κ2) is 32.3. The van der Waals surface area contributed by atoms with Crippen molar-refractivity contribution in [3.63, 3.8) is 0 Å². The third kappa shape index (κ3) is 19.9. The van der Waals surface area contributed by atoms with Crippen molar-refractivity contribution in [2.24, 2.45) is 0 Å². The highest BCUT2D eigenvalue weighted by molar-refractivity contribution is 5.92. The van der Waals surface area contributed by atoms with Crippen LogP contribution in [-0.2, 0) is 39.6 Å². The average Bonchev–Trinajstić information content (AvgIpc) is 3.25. The lowest BCUT2D eigenvalue weighted by atomic mass is 9.98. The third-order valence-electron chi connectivity index (χ3n) is 11.1. The number of hydrogen-bond acceptors (Lipinski definition) is 14. The van der Waals surface area contributed by atoms with Crippen molar-refractivity contribution < 1.29 is 73.4 Å². The van der Waals surface area contributed by atoms with Crippen LogP contribution in [0.3, 0.4) is 0 Å². The van der Waals surface area contributed by atoms with E-state index in [2.05, 4.69) is 0 Å². The molecule has 1 fully saturated rings. The third-order valence-corrected chi connectivity index (χ3v) is 11.1. The van der Waals surface area contributed by atoms with Gasteiger partial charge in [-0.2, -0.15) is 0 Å². The summed E-state index contributed by atoms with van der Waals surface area (Å²) in [4.78, 5) is 24.6. The fraction of sp³-hybridized carbons (Fsp3) is 0.826. The lowest BCUT2D eigenvalue weighted by molar-refractivity contribution is -0.334. The number of aryl methyl sites for hydroxylation is 1. The Balaban J connectivity index is 1.70. The summed E-state index contributed by atoms with van der Waals surface area (Å²) in [5, 5.41) is 63.4. The fourth-order valence-electron chi connectivity index (χ4n) is 7.56. The van der Waals surface area contributed by atoms with Crippen molar-refractivity contribution in [1.29, 1.82) is 0 Å². The molecule has 6 N–H and O–H groups in total. The van der Waals surface area contributed by atoms with Crippen LogP contribution in [0.5, 0.6) is 5.75 Å². The van der Waals surface area contributed by atoms with E-state index in [9.17, 15) is 40.2 Å². The zero-order chi connectivity index (χ0) is 45.0. The van der Waals surface area contributed by atoms with Gasteiger partial charge in [-0.05, 0) is 64.0 Å². The Morgan fingerprint density at radius 2 is 1.41 bits per heavy atom. The van der Waals surface area contributed by atoms with Crippen LogP contribution in [0, 0.1) is 0 Å². The molecule has 1 saturated heterocycles. The maximum absolute atomic E-state index is 12.9. The van der Waals surface area contributed by atoms with Gasteiger partial charge in [-0.15, -0.1) is 0 Å². The number of hydrogen-bond donors (Lipinski definition) is 6. The molecule has 15 heteroatoms. The van der Waals surface area contributed by atoms with Crippen molar-refractivity contribution in [2.45, 2.75) is 204 Å². The molecule has 10 unspecified atom stereocenters. The lowest BCUT2D eigenvalue weighted by Crippen LogP contribution is -2.62. The zero-order valence-corrected chi connectivity index (χ0v) is 37.6. The SMILES string of the molecule is CCCCOCC(OC1OC(CO)C(O)C(OCC)C1OCCC)C(O)C(O)C(O)C(=O)OC(C)CCCCCCCCCCCCCCCc1cccc(OC)c1C(=O)O. The van der Waals surface area contributed by atoms with Crippen LogP contribution in [0.1, 0.15) is 153 Å². The summed E-state index contributed by atoms with van der Waals surface area (Å²) < 4.78 is 40.1. The van der Waals surface area contributed by atoms with E-state index in [0.29, 0.717) is 25.2 Å². The number of rotatable bonds is 36. The summed E-state index contributed by atoms with van der Waals surface area (Å²) >= 11 is 0. The second-order valence-corrected chi connectivity index (χ2v) is 16.2. The molecule has 0 radical (unpaired) electrons. The number of aliphatic hydroxyl groups is 5. The minimum atomic E-state index is -2.07. The highest BCUT2D eigenvalue weighted by atomic mass is 16.7. The molecule has 2 rings (SSSR count). The molecule has 1 heterocycles. The van der Waals surface area contributed by atoms with Gasteiger partial charge in [0.2, 0.25) is 0 Å². The predicted molar refractivity (Wildman–Crippen MR) is 230 cm³/mol. The van der Waals surface area contributed by atoms with Gasteiger partial charge in [0.1, 0.15) is 54.0 Å². The van der Waals surface area contributed by atoms with Gasteiger partial charge < -0.3 is 63.8 Å². The quantitative estimate of drug-likeness (QED) is 0.0342. The first-order valence-corrected chi connectivity index (χ1v) is 23.0. The van der Waals surface area contributed by atoms with Gasteiger partial charge in [0.15, 0.2) is 12.4 Å². The number of aliphatic hydroxyl groups excluding tert-OH is 5. The molecule has 1 aromatic carbocycles. The molecule has 0 saturated carbocycles. The van der Waals surface area contributed by atoms with Gasteiger partial charge in [0, 0.05) is 19.8 Å². The lowest BCUT2D eigenvalue weighted by Gasteiger charge is -2.45. The van der Waals surface area contributed by atoms with E-state index in [1.165, 1.54) is 45.6 Å². The van der Waals surface area contributed by atoms with Crippen LogP contribution < -0.4 is 4.74 Å². The van der Waals surface area contributed by atoms with Crippen LogP contribution in [0.2, 0.25) is 0 Å². The number of carboxylic acid groups (broad SMARTS) is 1. The van der Waals surface area contributed by atoms with Crippen molar-refractivity contribution in [3.8, 4) is 5.75 Å². The monoisotopic (exact) mass is 873 g/mol. The van der Waals surface area contributed by atoms with Crippen molar-refractivity contribution in [1.82, 2.24) is 0 Å². The summed E-state index contributed by atoms with van der Waals surface area (Å²) in [5.41, 5.74) is 1.10. The molecule has 1 aromatic rings. The minimum Gasteiger partial charge on any atom is -0.496 e. The number of carboxylic acids is 1. The summed E-state index contributed by atoms with van der Waals surface area (Å²) in [6.07, 6.45) is 4.76. The Kier molecular flexibility index (Phi) is 28.9. The number of benzene rings is 1. The molecule has 10 atom stereocenters. The van der Waals surface area contributed by atoms with E-state index in [-0.39, 0.29) is 25.4 Å². The van der Waals surface area contributed by atoms with E-state index in [1.54, 1.807) is 19.9 Å². The highest BCUT2D eigenvalue weighted by Crippen LogP contribution is 2.29. The molecule has 0 aromatic heterocycles. The topological polar surface area (TPSA) is 220 Å². The maximum atomic E-state index is 12.9. The first kappa shape index (κ1) is 54.7. The molecule has 0 amide bonds. The summed E-state index contributed by atoms with van der Waals surface area (Å²) in [7, 11) is 1.49. The molecule has 61 heavy (non-hydrogen) atoms. The van der Waals surface area contributed by atoms with Crippen LogP contribution in [-0.4, -0.2) is 144 Å². The molecular formula is C46H80O15. The molecule has 0 aliphatic carbocycles. The molecule has 0 bridgehead atoms. The fourth-order valence-corrected chi connectivity index (χ4v) is 7.56. The standard InChI is InChI=1S/C46H80O15/c1-6-9-29-56-31-36(61-46-43(58-28-7-2)42(57-8-3)39(49)35(30-47)60-46)38(48)40(50)41(51)45(54)59-32(4)24-21-19-17-15-13-11-10-12-14-16-18-20-22-25-33-26-23-27-34(55-5)37(33)44(52)53/h23,26-27,32,35-36,38-43,46-51H,6-22,24-25,28-31H2,1-5H3,(H,52,53). The van der Waals surface area contributed by atoms with Crippen LogP contribution >= 0.6 is 0 Å². The van der Waals surface area contributed by atoms with E-state index >= 15 is 0 Å². The van der Waals surface area contributed by atoms with Gasteiger partial charge in [-0.3, -0.25) is 0 Å². The van der Waals surface area contributed by atoms with Gasteiger partial charge in [-0.25, -0.2) is 9.59 Å². The zero-order valence-electron chi connectivity index (χ0n) is 37.6. The number of unbranched alkanes of at least 4 members (excludes halogenated alkanes) is 13. The Morgan fingerprint density at radius 1 is 0.787 bits per heavy atom. The Labute approximate surface area is 364 Å². The number of methoxy groups -OCH3 is 1. The summed E-state index contributed by atoms with van der Waals surface area (Å²) in [5.74, 6) is -1.60. The molecule has 354 valence electrons. The van der Waals surface area contributed by atoms with Gasteiger partial charge in [0.25, 0.3) is 0 Å². The van der Waals surface area contributed by atoms with Crippen molar-refractivity contribution >= 4 is 11.9 Å². The second-order valence-electron chi connectivity index (χ2n) is 16.2. The molecule has 0 spiro atoms.